The number of nitrogens with two attached hydrogens (primary N) is 1. The predicted octanol–water partition coefficient (Wildman–Crippen LogP) is 2.76. The number of nitrogens with zero attached hydrogens (tertiary/aromatic N) is 2. The van der Waals surface area contributed by atoms with E-state index in [-0.39, 0.29) is 0 Å². The summed E-state index contributed by atoms with van der Waals surface area (Å²) in [7, 11) is 1.79. The molecular weight excluding hydrogens is 226 g/mol. The van der Waals surface area contributed by atoms with E-state index in [2.05, 4.69) is 5.10 Å². The van der Waals surface area contributed by atoms with Crippen molar-refractivity contribution in [2.75, 3.05) is 5.73 Å². The van der Waals surface area contributed by atoms with Gasteiger partial charge in [-0.25, -0.2) is 0 Å². The molecule has 4 nitrogen and oxygen atoms in total. The first-order chi connectivity index (χ1) is 7.56. The van der Waals surface area contributed by atoms with E-state index in [1.165, 1.54) is 0 Å². The lowest BCUT2D eigenvalue weighted by molar-refractivity contribution is 0.455. The number of anilines is 1. The summed E-state index contributed by atoms with van der Waals surface area (Å²) in [5.74, 6) is 1.08. The summed E-state index contributed by atoms with van der Waals surface area (Å²) in [5.41, 5.74) is 7.18. The lowest BCUT2D eigenvalue weighted by Gasteiger charge is -2.04. The van der Waals surface area contributed by atoms with Gasteiger partial charge < -0.3 is 10.5 Å². The molecule has 1 heterocycles. The Morgan fingerprint density at radius 1 is 1.44 bits per heavy atom. The van der Waals surface area contributed by atoms with Crippen molar-refractivity contribution in [2.45, 2.75) is 6.92 Å². The van der Waals surface area contributed by atoms with Gasteiger partial charge in [-0.15, -0.1) is 5.10 Å². The van der Waals surface area contributed by atoms with Gasteiger partial charge in [0, 0.05) is 12.1 Å². The zero-order chi connectivity index (χ0) is 11.7. The molecule has 0 aliphatic carbocycles. The van der Waals surface area contributed by atoms with Gasteiger partial charge in [-0.3, -0.25) is 4.68 Å². The van der Waals surface area contributed by atoms with Crippen LogP contribution in [0.25, 0.3) is 0 Å². The molecule has 0 saturated carbocycles. The van der Waals surface area contributed by atoms with Crippen molar-refractivity contribution in [1.82, 2.24) is 9.78 Å². The normalized spacial score (nSPS) is 10.4. The number of nitrogen functional groups attached to an aromatic ring is 1. The van der Waals surface area contributed by atoms with Crippen LogP contribution in [-0.4, -0.2) is 9.78 Å². The van der Waals surface area contributed by atoms with E-state index < -0.39 is 0 Å². The molecule has 0 aliphatic rings. The summed E-state index contributed by atoms with van der Waals surface area (Å²) in [6, 6.07) is 5.41. The van der Waals surface area contributed by atoms with E-state index in [4.69, 9.17) is 22.1 Å². The number of hydrogen-bond acceptors (Lipinski definition) is 3. The Labute approximate surface area is 98.6 Å². The molecule has 0 saturated heterocycles. The largest absolute Gasteiger partial charge is 0.436 e. The van der Waals surface area contributed by atoms with Crippen LogP contribution in [0.3, 0.4) is 0 Å². The average molecular weight is 238 g/mol. The topological polar surface area (TPSA) is 53.1 Å². The van der Waals surface area contributed by atoms with Crippen LogP contribution >= 0.6 is 11.6 Å². The van der Waals surface area contributed by atoms with Gasteiger partial charge in [0.25, 0.3) is 5.88 Å². The smallest absolute Gasteiger partial charge is 0.261 e. The summed E-state index contributed by atoms with van der Waals surface area (Å²) >= 11 is 5.92. The quantitative estimate of drug-likeness (QED) is 0.874. The Morgan fingerprint density at radius 2 is 2.19 bits per heavy atom. The molecule has 2 rings (SSSR count). The van der Waals surface area contributed by atoms with Gasteiger partial charge in [0.2, 0.25) is 0 Å². The second-order valence-corrected chi connectivity index (χ2v) is 3.98. The molecular formula is C11H12ClN3O. The van der Waals surface area contributed by atoms with E-state index in [0.717, 1.165) is 5.56 Å². The maximum Gasteiger partial charge on any atom is 0.261 e. The summed E-state index contributed by atoms with van der Waals surface area (Å²) in [6.07, 6.45) is 1.69. The highest BCUT2D eigenvalue weighted by molar-refractivity contribution is 6.31. The minimum atomic E-state index is 0.407. The summed E-state index contributed by atoms with van der Waals surface area (Å²) in [6.45, 7) is 1.91. The van der Waals surface area contributed by atoms with Gasteiger partial charge in [0.05, 0.1) is 6.20 Å². The fourth-order valence-electron chi connectivity index (χ4n) is 1.36. The van der Waals surface area contributed by atoms with Crippen LogP contribution in [0, 0.1) is 6.92 Å². The molecule has 1 aromatic heterocycles. The summed E-state index contributed by atoms with van der Waals surface area (Å²) in [4.78, 5) is 0. The molecule has 0 radical (unpaired) electrons. The van der Waals surface area contributed by atoms with Gasteiger partial charge in [0.1, 0.15) is 11.4 Å². The third-order valence-corrected chi connectivity index (χ3v) is 2.59. The Hall–Kier alpha value is -1.68. The van der Waals surface area contributed by atoms with Crippen molar-refractivity contribution in [3.05, 3.63) is 35.0 Å². The molecule has 0 fully saturated rings. The second kappa shape index (κ2) is 4.06. The van der Waals surface area contributed by atoms with Crippen LogP contribution in [0.2, 0.25) is 5.02 Å². The molecule has 84 valence electrons. The van der Waals surface area contributed by atoms with E-state index in [0.29, 0.717) is 22.3 Å². The van der Waals surface area contributed by atoms with Crippen molar-refractivity contribution in [3.63, 3.8) is 0 Å². The van der Waals surface area contributed by atoms with E-state index in [1.807, 2.05) is 13.0 Å². The Kier molecular flexibility index (Phi) is 2.75. The predicted molar refractivity (Wildman–Crippen MR) is 63.9 cm³/mol. The Balaban J connectivity index is 2.27. The molecule has 16 heavy (non-hydrogen) atoms. The molecule has 2 aromatic rings. The fourth-order valence-corrected chi connectivity index (χ4v) is 1.48. The molecule has 0 spiro atoms. The molecule has 0 aliphatic heterocycles. The van der Waals surface area contributed by atoms with Crippen molar-refractivity contribution in [3.8, 4) is 11.6 Å². The first-order valence-corrected chi connectivity index (χ1v) is 5.17. The third kappa shape index (κ3) is 2.12. The lowest BCUT2D eigenvalue weighted by atomic mass is 10.2. The zero-order valence-corrected chi connectivity index (χ0v) is 9.82. The number of rotatable bonds is 2. The monoisotopic (exact) mass is 237 g/mol. The van der Waals surface area contributed by atoms with Gasteiger partial charge in [0.15, 0.2) is 0 Å². The molecule has 0 bridgehead atoms. The number of aryl methyl sites for hydroxylation is 2. The van der Waals surface area contributed by atoms with Crippen molar-refractivity contribution < 1.29 is 4.74 Å². The van der Waals surface area contributed by atoms with Crippen LogP contribution < -0.4 is 10.5 Å². The molecule has 5 heteroatoms. The number of ether oxygens (including phenoxy) is 1. The highest BCUT2D eigenvalue weighted by atomic mass is 35.5. The molecule has 0 atom stereocenters. The Morgan fingerprint density at radius 3 is 2.75 bits per heavy atom. The van der Waals surface area contributed by atoms with Gasteiger partial charge >= 0.3 is 0 Å². The molecule has 1 aromatic carbocycles. The number of aromatic nitrogens is 2. The molecule has 0 unspecified atom stereocenters. The lowest BCUT2D eigenvalue weighted by Crippen LogP contribution is -1.91. The first kappa shape index (κ1) is 10.8. The van der Waals surface area contributed by atoms with E-state index >= 15 is 0 Å². The van der Waals surface area contributed by atoms with Crippen LogP contribution in [0.1, 0.15) is 5.56 Å². The average Bonchev–Trinajstić information content (AvgIpc) is 2.51. The van der Waals surface area contributed by atoms with Crippen molar-refractivity contribution in [2.24, 2.45) is 7.05 Å². The van der Waals surface area contributed by atoms with Gasteiger partial charge in [-0.05, 0) is 30.7 Å². The molecule has 0 amide bonds. The standard InChI is InChI=1S/C11H12ClN3O/c1-7-5-8(3-4-9(7)12)16-11-10(13)6-15(2)14-11/h3-6H,13H2,1-2H3. The Bertz CT molecular complexity index is 522. The summed E-state index contributed by atoms with van der Waals surface area (Å²) < 4.78 is 7.15. The minimum absolute atomic E-state index is 0.407. The van der Waals surface area contributed by atoms with Crippen molar-refractivity contribution >= 4 is 17.3 Å². The molecule has 2 N–H and O–H groups in total. The van der Waals surface area contributed by atoms with Gasteiger partial charge in [-0.2, -0.15) is 0 Å². The van der Waals surface area contributed by atoms with Gasteiger partial charge in [-0.1, -0.05) is 11.6 Å². The van der Waals surface area contributed by atoms with Crippen LogP contribution in [0.4, 0.5) is 5.69 Å². The maximum atomic E-state index is 5.92. The highest BCUT2D eigenvalue weighted by Gasteiger charge is 2.07. The second-order valence-electron chi connectivity index (χ2n) is 3.58. The SMILES string of the molecule is Cc1cc(Oc2nn(C)cc2N)ccc1Cl. The summed E-state index contributed by atoms with van der Waals surface area (Å²) in [5, 5.41) is 4.80. The maximum absolute atomic E-state index is 5.92. The van der Waals surface area contributed by atoms with E-state index in [1.54, 1.807) is 30.1 Å². The minimum Gasteiger partial charge on any atom is -0.436 e. The van der Waals surface area contributed by atoms with Crippen molar-refractivity contribution in [1.29, 1.82) is 0 Å². The number of benzene rings is 1. The third-order valence-electron chi connectivity index (χ3n) is 2.17. The highest BCUT2D eigenvalue weighted by Crippen LogP contribution is 2.27. The van der Waals surface area contributed by atoms with Crippen LogP contribution in [0.5, 0.6) is 11.6 Å². The zero-order valence-electron chi connectivity index (χ0n) is 9.07. The number of halogens is 1. The first-order valence-electron chi connectivity index (χ1n) is 4.79. The van der Waals surface area contributed by atoms with Crippen LogP contribution in [0.15, 0.2) is 24.4 Å². The number of hydrogen-bond donors (Lipinski definition) is 1. The van der Waals surface area contributed by atoms with Crippen LogP contribution in [-0.2, 0) is 7.05 Å². The van der Waals surface area contributed by atoms with E-state index in [9.17, 15) is 0 Å². The fraction of sp³-hybridized carbons (Fsp3) is 0.182.